The molecule has 0 saturated heterocycles. The van der Waals surface area contributed by atoms with Gasteiger partial charge in [-0.3, -0.25) is 0 Å². The van der Waals surface area contributed by atoms with Crippen molar-refractivity contribution in [2.75, 3.05) is 0 Å². The highest BCUT2D eigenvalue weighted by Gasteiger charge is 2.25. The van der Waals surface area contributed by atoms with Gasteiger partial charge in [-0.05, 0) is 51.3 Å². The number of aliphatic hydroxyl groups is 2. The first kappa shape index (κ1) is 15.8. The van der Waals surface area contributed by atoms with Crippen molar-refractivity contribution in [3.05, 3.63) is 47.2 Å². The van der Waals surface area contributed by atoms with Crippen LogP contribution in [0.5, 0.6) is 0 Å². The van der Waals surface area contributed by atoms with Crippen LogP contribution in [0.2, 0.25) is 0 Å². The van der Waals surface area contributed by atoms with Gasteiger partial charge < -0.3 is 15.2 Å². The van der Waals surface area contributed by atoms with Gasteiger partial charge in [0.05, 0.1) is 11.7 Å². The topological polar surface area (TPSA) is 56.2 Å². The van der Waals surface area contributed by atoms with Crippen molar-refractivity contribution < 1.29 is 10.2 Å². The number of nitrogens with one attached hydrogen (secondary N) is 1. The van der Waals surface area contributed by atoms with Crippen LogP contribution < -0.4 is 0 Å². The molecular formula is C18H25NO2. The highest BCUT2D eigenvalue weighted by molar-refractivity contribution is 5.84. The Bertz CT molecular complexity index is 643. The van der Waals surface area contributed by atoms with Crippen LogP contribution in [0, 0.1) is 0 Å². The summed E-state index contributed by atoms with van der Waals surface area (Å²) < 4.78 is 0. The van der Waals surface area contributed by atoms with E-state index < -0.39 is 11.7 Å². The van der Waals surface area contributed by atoms with Crippen molar-refractivity contribution in [3.63, 3.8) is 0 Å². The van der Waals surface area contributed by atoms with E-state index >= 15 is 0 Å². The summed E-state index contributed by atoms with van der Waals surface area (Å²) in [7, 11) is 0. The fraction of sp³-hybridized carbons (Fsp3) is 0.444. The van der Waals surface area contributed by atoms with E-state index in [0.717, 1.165) is 22.9 Å². The van der Waals surface area contributed by atoms with Crippen LogP contribution in [0.25, 0.3) is 10.9 Å². The maximum Gasteiger partial charge on any atom is 0.0862 e. The SMILES string of the molecule is CC(C)=CCc1ccc2c(C[C@H](O)C(C)(C)O)c[nH]c2c1. The van der Waals surface area contributed by atoms with Crippen molar-refractivity contribution in [1.29, 1.82) is 0 Å². The molecule has 0 aliphatic rings. The van der Waals surface area contributed by atoms with Gasteiger partial charge in [-0.25, -0.2) is 0 Å². The summed E-state index contributed by atoms with van der Waals surface area (Å²) in [6.07, 6.45) is 4.73. The molecule has 0 saturated carbocycles. The molecule has 3 heteroatoms. The molecule has 0 aliphatic carbocycles. The summed E-state index contributed by atoms with van der Waals surface area (Å²) in [5, 5.41) is 21.0. The monoisotopic (exact) mass is 287 g/mol. The molecule has 2 aromatic rings. The van der Waals surface area contributed by atoms with Crippen molar-refractivity contribution >= 4 is 10.9 Å². The Morgan fingerprint density at radius 3 is 2.67 bits per heavy atom. The van der Waals surface area contributed by atoms with Crippen LogP contribution in [-0.2, 0) is 12.8 Å². The molecule has 1 aromatic heterocycles. The Labute approximate surface area is 126 Å². The molecule has 0 radical (unpaired) electrons. The molecule has 0 spiro atoms. The van der Waals surface area contributed by atoms with Gasteiger partial charge in [0, 0.05) is 23.5 Å². The first-order chi connectivity index (χ1) is 9.77. The maximum absolute atomic E-state index is 10.0. The summed E-state index contributed by atoms with van der Waals surface area (Å²) in [5.74, 6) is 0. The third-order valence-corrected chi connectivity index (χ3v) is 3.81. The minimum Gasteiger partial charge on any atom is -0.390 e. The van der Waals surface area contributed by atoms with E-state index in [2.05, 4.69) is 43.1 Å². The molecule has 0 amide bonds. The number of hydrogen-bond acceptors (Lipinski definition) is 2. The maximum atomic E-state index is 10.0. The zero-order chi connectivity index (χ0) is 15.6. The molecule has 0 unspecified atom stereocenters. The third kappa shape index (κ3) is 3.96. The number of hydrogen-bond donors (Lipinski definition) is 3. The molecule has 1 aromatic carbocycles. The molecule has 21 heavy (non-hydrogen) atoms. The summed E-state index contributed by atoms with van der Waals surface area (Å²) >= 11 is 0. The van der Waals surface area contributed by atoms with E-state index in [1.165, 1.54) is 11.1 Å². The molecule has 3 nitrogen and oxygen atoms in total. The molecule has 0 fully saturated rings. The first-order valence-electron chi connectivity index (χ1n) is 7.40. The van der Waals surface area contributed by atoms with Crippen molar-refractivity contribution in [2.24, 2.45) is 0 Å². The minimum absolute atomic E-state index is 0.441. The molecule has 114 valence electrons. The number of H-pyrrole nitrogens is 1. The van der Waals surface area contributed by atoms with Crippen LogP contribution in [0.1, 0.15) is 38.8 Å². The standard InChI is InChI=1S/C18H25NO2/c1-12(2)5-6-13-7-8-15-14(11-19-16(15)9-13)10-17(20)18(3,4)21/h5,7-9,11,17,19-21H,6,10H2,1-4H3/t17-/m0/s1. The predicted octanol–water partition coefficient (Wildman–Crippen LogP) is 3.35. The number of aromatic amines is 1. The lowest BCUT2D eigenvalue weighted by Gasteiger charge is -2.24. The van der Waals surface area contributed by atoms with E-state index in [1.807, 2.05) is 6.20 Å². The van der Waals surface area contributed by atoms with Gasteiger partial charge in [0.1, 0.15) is 0 Å². The second-order valence-corrected chi connectivity index (χ2v) is 6.55. The van der Waals surface area contributed by atoms with E-state index in [4.69, 9.17) is 0 Å². The molecule has 1 atom stereocenters. The molecule has 0 bridgehead atoms. The van der Waals surface area contributed by atoms with E-state index in [-0.39, 0.29) is 0 Å². The number of allylic oxidation sites excluding steroid dienone is 2. The number of aromatic nitrogens is 1. The lowest BCUT2D eigenvalue weighted by atomic mass is 9.95. The Balaban J connectivity index is 2.23. The predicted molar refractivity (Wildman–Crippen MR) is 87.4 cm³/mol. The van der Waals surface area contributed by atoms with Crippen LogP contribution >= 0.6 is 0 Å². The van der Waals surface area contributed by atoms with Crippen LogP contribution in [0.15, 0.2) is 36.0 Å². The van der Waals surface area contributed by atoms with Gasteiger partial charge in [0.2, 0.25) is 0 Å². The fourth-order valence-corrected chi connectivity index (χ4v) is 2.31. The largest absolute Gasteiger partial charge is 0.390 e. The van der Waals surface area contributed by atoms with Crippen molar-refractivity contribution in [1.82, 2.24) is 4.98 Å². The second-order valence-electron chi connectivity index (χ2n) is 6.55. The zero-order valence-electron chi connectivity index (χ0n) is 13.3. The Hall–Kier alpha value is -1.58. The van der Waals surface area contributed by atoms with E-state index in [9.17, 15) is 10.2 Å². The third-order valence-electron chi connectivity index (χ3n) is 3.81. The molecular weight excluding hydrogens is 262 g/mol. The quantitative estimate of drug-likeness (QED) is 0.739. The van der Waals surface area contributed by atoms with Crippen LogP contribution in [-0.4, -0.2) is 26.9 Å². The number of benzene rings is 1. The van der Waals surface area contributed by atoms with Crippen LogP contribution in [0.4, 0.5) is 0 Å². The van der Waals surface area contributed by atoms with E-state index in [1.54, 1.807) is 13.8 Å². The summed E-state index contributed by atoms with van der Waals surface area (Å²) in [4.78, 5) is 3.26. The van der Waals surface area contributed by atoms with Gasteiger partial charge in [0.25, 0.3) is 0 Å². The molecule has 3 N–H and O–H groups in total. The fourth-order valence-electron chi connectivity index (χ4n) is 2.31. The Morgan fingerprint density at radius 1 is 1.33 bits per heavy atom. The normalized spacial score (nSPS) is 13.4. The highest BCUT2D eigenvalue weighted by atomic mass is 16.3. The summed E-state index contributed by atoms with van der Waals surface area (Å²) in [6, 6.07) is 6.36. The summed E-state index contributed by atoms with van der Waals surface area (Å²) in [5.41, 5.74) is 3.60. The number of aliphatic hydroxyl groups excluding tert-OH is 1. The smallest absolute Gasteiger partial charge is 0.0862 e. The Kier molecular flexibility index (Phi) is 4.55. The van der Waals surface area contributed by atoms with Gasteiger partial charge in [-0.1, -0.05) is 23.8 Å². The van der Waals surface area contributed by atoms with Gasteiger partial charge >= 0.3 is 0 Å². The second kappa shape index (κ2) is 6.04. The Morgan fingerprint density at radius 2 is 2.05 bits per heavy atom. The number of fused-ring (bicyclic) bond motifs is 1. The van der Waals surface area contributed by atoms with Gasteiger partial charge in [0.15, 0.2) is 0 Å². The highest BCUT2D eigenvalue weighted by Crippen LogP contribution is 2.23. The molecule has 0 aliphatic heterocycles. The molecule has 1 heterocycles. The summed E-state index contributed by atoms with van der Waals surface area (Å²) in [6.45, 7) is 7.46. The van der Waals surface area contributed by atoms with E-state index in [0.29, 0.717) is 6.42 Å². The minimum atomic E-state index is -1.09. The average molecular weight is 287 g/mol. The van der Waals surface area contributed by atoms with Gasteiger partial charge in [-0.2, -0.15) is 0 Å². The van der Waals surface area contributed by atoms with Crippen molar-refractivity contribution in [3.8, 4) is 0 Å². The number of rotatable bonds is 5. The van der Waals surface area contributed by atoms with Crippen LogP contribution in [0.3, 0.4) is 0 Å². The lowest BCUT2D eigenvalue weighted by molar-refractivity contribution is -0.0468. The van der Waals surface area contributed by atoms with Gasteiger partial charge in [-0.15, -0.1) is 0 Å². The zero-order valence-corrected chi connectivity index (χ0v) is 13.3. The average Bonchev–Trinajstić information content (AvgIpc) is 2.78. The first-order valence-corrected chi connectivity index (χ1v) is 7.40. The lowest BCUT2D eigenvalue weighted by Crippen LogP contribution is -2.37. The molecule has 2 rings (SSSR count). The van der Waals surface area contributed by atoms with Crippen molar-refractivity contribution in [2.45, 2.75) is 52.2 Å².